The lowest BCUT2D eigenvalue weighted by molar-refractivity contribution is -0.384. The Morgan fingerprint density at radius 3 is 2.44 bits per heavy atom. The first kappa shape index (κ1) is 18.7. The third kappa shape index (κ3) is 4.46. The van der Waals surface area contributed by atoms with E-state index in [9.17, 15) is 23.3 Å². The van der Waals surface area contributed by atoms with Crippen LogP contribution in [0.5, 0.6) is 0 Å². The molecule has 2 aromatic rings. The number of carbonyl (C=O) groups is 1. The fourth-order valence-electron chi connectivity index (χ4n) is 1.90. The summed E-state index contributed by atoms with van der Waals surface area (Å²) >= 11 is 5.67. The number of carbonyl (C=O) groups excluding carboxylic acids is 1. The van der Waals surface area contributed by atoms with Crippen LogP contribution in [0.25, 0.3) is 0 Å². The maximum atomic E-state index is 12.3. The summed E-state index contributed by atoms with van der Waals surface area (Å²) in [5, 5.41) is 10.7. The van der Waals surface area contributed by atoms with E-state index in [0.29, 0.717) is 0 Å². The molecule has 0 fully saturated rings. The van der Waals surface area contributed by atoms with Gasteiger partial charge in [0, 0.05) is 11.8 Å². The zero-order chi connectivity index (χ0) is 18.6. The zero-order valence-corrected chi connectivity index (χ0v) is 14.5. The van der Waals surface area contributed by atoms with Gasteiger partial charge in [0.1, 0.15) is 5.02 Å². The van der Waals surface area contributed by atoms with E-state index in [1.165, 1.54) is 24.3 Å². The number of nitrogens with one attached hydrogen (secondary N) is 1. The fourth-order valence-corrected chi connectivity index (χ4v) is 3.17. The summed E-state index contributed by atoms with van der Waals surface area (Å²) < 4.78 is 31.8. The summed E-state index contributed by atoms with van der Waals surface area (Å²) in [5.74, 6) is -0.523. The average Bonchev–Trinajstić information content (AvgIpc) is 2.55. The van der Waals surface area contributed by atoms with Gasteiger partial charge < -0.3 is 4.74 Å². The Balaban J connectivity index is 2.26. The number of nitro benzene ring substituents is 1. The first-order chi connectivity index (χ1) is 11.7. The van der Waals surface area contributed by atoms with Crippen molar-refractivity contribution >= 4 is 39.0 Å². The maximum absolute atomic E-state index is 12.3. The van der Waals surface area contributed by atoms with Gasteiger partial charge in [0.2, 0.25) is 0 Å². The number of ether oxygens (including phenoxy) is 1. The summed E-state index contributed by atoms with van der Waals surface area (Å²) in [6, 6.07) is 8.74. The lowest BCUT2D eigenvalue weighted by Gasteiger charge is -2.09. The van der Waals surface area contributed by atoms with Crippen molar-refractivity contribution in [1.82, 2.24) is 0 Å². The number of nitro groups is 1. The Bertz CT molecular complexity index is 912. The van der Waals surface area contributed by atoms with E-state index in [0.717, 1.165) is 18.2 Å². The van der Waals surface area contributed by atoms with Crippen molar-refractivity contribution in [2.45, 2.75) is 11.8 Å². The van der Waals surface area contributed by atoms with Crippen LogP contribution in [0.1, 0.15) is 17.3 Å². The van der Waals surface area contributed by atoms with Crippen LogP contribution in [0.3, 0.4) is 0 Å². The average molecular weight is 385 g/mol. The van der Waals surface area contributed by atoms with Crippen LogP contribution >= 0.6 is 11.6 Å². The number of sulfonamides is 1. The van der Waals surface area contributed by atoms with Crippen LogP contribution in [-0.4, -0.2) is 25.9 Å². The minimum Gasteiger partial charge on any atom is -0.462 e. The van der Waals surface area contributed by atoms with E-state index < -0.39 is 26.6 Å². The van der Waals surface area contributed by atoms with E-state index in [1.54, 1.807) is 6.92 Å². The molecule has 0 atom stereocenters. The second-order valence-corrected chi connectivity index (χ2v) is 6.86. The predicted octanol–water partition coefficient (Wildman–Crippen LogP) is 3.23. The number of nitrogens with zero attached hydrogens (tertiary/aromatic N) is 1. The molecule has 0 bridgehead atoms. The Morgan fingerprint density at radius 1 is 1.24 bits per heavy atom. The molecule has 0 amide bonds. The summed E-state index contributed by atoms with van der Waals surface area (Å²) in [4.78, 5) is 21.4. The smallest absolute Gasteiger partial charge is 0.338 e. The molecular formula is C15H13ClN2O6S. The number of hydrogen-bond acceptors (Lipinski definition) is 6. The van der Waals surface area contributed by atoms with Crippen LogP contribution < -0.4 is 4.72 Å². The molecule has 2 aromatic carbocycles. The van der Waals surface area contributed by atoms with Crippen LogP contribution in [0.4, 0.5) is 11.4 Å². The van der Waals surface area contributed by atoms with Gasteiger partial charge in [-0.25, -0.2) is 13.2 Å². The first-order valence-electron chi connectivity index (χ1n) is 6.98. The molecule has 0 saturated heterocycles. The molecule has 10 heteroatoms. The van der Waals surface area contributed by atoms with Crippen molar-refractivity contribution in [2.24, 2.45) is 0 Å². The summed E-state index contributed by atoms with van der Waals surface area (Å²) in [7, 11) is -4.06. The maximum Gasteiger partial charge on any atom is 0.338 e. The van der Waals surface area contributed by atoms with Crippen molar-refractivity contribution in [3.05, 3.63) is 63.2 Å². The van der Waals surface area contributed by atoms with Crippen LogP contribution in [0, 0.1) is 10.1 Å². The number of benzene rings is 2. The Morgan fingerprint density at radius 2 is 1.88 bits per heavy atom. The summed E-state index contributed by atoms with van der Waals surface area (Å²) in [6.07, 6.45) is 0. The first-order valence-corrected chi connectivity index (χ1v) is 8.84. The molecule has 0 aliphatic heterocycles. The van der Waals surface area contributed by atoms with Gasteiger partial charge in [-0.15, -0.1) is 0 Å². The van der Waals surface area contributed by atoms with Crippen LogP contribution in [0.15, 0.2) is 47.4 Å². The lowest BCUT2D eigenvalue weighted by atomic mass is 10.2. The van der Waals surface area contributed by atoms with Gasteiger partial charge in [0.15, 0.2) is 0 Å². The van der Waals surface area contributed by atoms with Gasteiger partial charge >= 0.3 is 5.97 Å². The van der Waals surface area contributed by atoms with E-state index >= 15 is 0 Å². The Labute approximate surface area is 148 Å². The van der Waals surface area contributed by atoms with Gasteiger partial charge in [0.05, 0.1) is 22.0 Å². The van der Waals surface area contributed by atoms with Crippen molar-refractivity contribution in [2.75, 3.05) is 11.3 Å². The molecule has 0 aromatic heterocycles. The van der Waals surface area contributed by atoms with Crippen molar-refractivity contribution in [3.8, 4) is 0 Å². The van der Waals surface area contributed by atoms with Crippen molar-refractivity contribution < 1.29 is 22.9 Å². The molecule has 0 spiro atoms. The zero-order valence-electron chi connectivity index (χ0n) is 12.9. The second kappa shape index (κ2) is 7.49. The monoisotopic (exact) mass is 384 g/mol. The summed E-state index contributed by atoms with van der Waals surface area (Å²) in [5.41, 5.74) is -0.0558. The van der Waals surface area contributed by atoms with Crippen molar-refractivity contribution in [1.29, 1.82) is 0 Å². The predicted molar refractivity (Wildman–Crippen MR) is 91.3 cm³/mol. The Kier molecular flexibility index (Phi) is 5.60. The van der Waals surface area contributed by atoms with E-state index in [4.69, 9.17) is 16.3 Å². The minimum absolute atomic E-state index is 0.164. The molecule has 8 nitrogen and oxygen atoms in total. The number of anilines is 1. The normalized spacial score (nSPS) is 11.0. The second-order valence-electron chi connectivity index (χ2n) is 4.77. The van der Waals surface area contributed by atoms with E-state index in [2.05, 4.69) is 4.72 Å². The molecule has 0 radical (unpaired) electrons. The summed E-state index contributed by atoms with van der Waals surface area (Å²) in [6.45, 7) is 1.90. The third-order valence-corrected chi connectivity index (χ3v) is 4.77. The molecule has 0 heterocycles. The highest BCUT2D eigenvalue weighted by Gasteiger charge is 2.21. The molecule has 1 N–H and O–H groups in total. The number of hydrogen-bond donors (Lipinski definition) is 1. The SMILES string of the molecule is CCOC(=O)c1ccc(NS(=O)(=O)c2ccc(Cl)c([N+](=O)[O-])c2)cc1. The lowest BCUT2D eigenvalue weighted by Crippen LogP contribution is -2.13. The molecule has 132 valence electrons. The highest BCUT2D eigenvalue weighted by atomic mass is 35.5. The number of esters is 1. The standard InChI is InChI=1S/C15H13ClN2O6S/c1-2-24-15(19)10-3-5-11(6-4-10)17-25(22,23)12-7-8-13(16)14(9-12)18(20)21/h3-9,17H,2H2,1H3. The van der Waals surface area contributed by atoms with E-state index in [-0.39, 0.29) is 27.8 Å². The van der Waals surface area contributed by atoms with Gasteiger partial charge in [0.25, 0.3) is 15.7 Å². The van der Waals surface area contributed by atoms with E-state index in [1.807, 2.05) is 0 Å². The van der Waals surface area contributed by atoms with Crippen LogP contribution in [-0.2, 0) is 14.8 Å². The molecule has 0 aliphatic rings. The van der Waals surface area contributed by atoms with Gasteiger partial charge in [-0.05, 0) is 43.3 Å². The number of rotatable bonds is 6. The third-order valence-electron chi connectivity index (χ3n) is 3.07. The van der Waals surface area contributed by atoms with Crippen LogP contribution in [0.2, 0.25) is 5.02 Å². The highest BCUT2D eigenvalue weighted by molar-refractivity contribution is 7.92. The molecule has 25 heavy (non-hydrogen) atoms. The minimum atomic E-state index is -4.06. The Hall–Kier alpha value is -2.65. The number of halogens is 1. The molecule has 2 rings (SSSR count). The molecule has 0 aliphatic carbocycles. The highest BCUT2D eigenvalue weighted by Crippen LogP contribution is 2.28. The van der Waals surface area contributed by atoms with Gasteiger partial charge in [-0.2, -0.15) is 0 Å². The fraction of sp³-hybridized carbons (Fsp3) is 0.133. The molecule has 0 saturated carbocycles. The largest absolute Gasteiger partial charge is 0.462 e. The molecular weight excluding hydrogens is 372 g/mol. The molecule has 0 unspecified atom stereocenters. The van der Waals surface area contributed by atoms with Gasteiger partial charge in [-0.3, -0.25) is 14.8 Å². The van der Waals surface area contributed by atoms with Gasteiger partial charge in [-0.1, -0.05) is 11.6 Å². The quantitative estimate of drug-likeness (QED) is 0.464. The van der Waals surface area contributed by atoms with Crippen molar-refractivity contribution in [3.63, 3.8) is 0 Å². The topological polar surface area (TPSA) is 116 Å².